The third kappa shape index (κ3) is 4.17. The number of anilines is 1. The van der Waals surface area contributed by atoms with Crippen molar-refractivity contribution in [2.45, 2.75) is 19.7 Å². The molecular formula is C16H16BrF3N2O. The molecule has 2 rings (SSSR count). The Morgan fingerprint density at radius 2 is 1.91 bits per heavy atom. The van der Waals surface area contributed by atoms with Gasteiger partial charge in [0, 0.05) is 17.1 Å². The lowest BCUT2D eigenvalue weighted by Gasteiger charge is -2.19. The Morgan fingerprint density at radius 1 is 1.22 bits per heavy atom. The number of halogens is 4. The molecule has 0 aliphatic carbocycles. The summed E-state index contributed by atoms with van der Waals surface area (Å²) in [6.45, 7) is 2.02. The molecule has 0 bridgehead atoms. The van der Waals surface area contributed by atoms with Crippen molar-refractivity contribution in [3.63, 3.8) is 0 Å². The molecule has 2 N–H and O–H groups in total. The molecule has 0 heterocycles. The highest BCUT2D eigenvalue weighted by Gasteiger charge is 2.33. The van der Waals surface area contributed by atoms with E-state index in [0.717, 1.165) is 22.9 Å². The van der Waals surface area contributed by atoms with Gasteiger partial charge in [-0.1, -0.05) is 28.1 Å². The SMILES string of the molecule is Cc1cccc(N(C)N)c1COc1ccc(Br)c(C(F)(F)F)c1. The molecule has 23 heavy (non-hydrogen) atoms. The summed E-state index contributed by atoms with van der Waals surface area (Å²) in [6.07, 6.45) is -4.44. The van der Waals surface area contributed by atoms with Crippen molar-refractivity contribution in [3.05, 3.63) is 57.6 Å². The van der Waals surface area contributed by atoms with Crippen LogP contribution in [0.25, 0.3) is 0 Å². The van der Waals surface area contributed by atoms with E-state index >= 15 is 0 Å². The number of alkyl halides is 3. The van der Waals surface area contributed by atoms with E-state index < -0.39 is 11.7 Å². The van der Waals surface area contributed by atoms with Crippen LogP contribution in [0.3, 0.4) is 0 Å². The van der Waals surface area contributed by atoms with Crippen LogP contribution in [0.4, 0.5) is 18.9 Å². The van der Waals surface area contributed by atoms with Crippen molar-refractivity contribution in [1.82, 2.24) is 0 Å². The minimum absolute atomic E-state index is 0.0179. The molecule has 0 saturated carbocycles. The molecule has 0 aliphatic rings. The standard InChI is InChI=1S/C16H16BrF3N2O/c1-10-4-3-5-15(22(2)21)12(10)9-23-11-6-7-14(17)13(8-11)16(18,19)20/h3-8H,9,21H2,1-2H3. The molecule has 0 aromatic heterocycles. The number of hydrazine groups is 1. The molecule has 2 aromatic carbocycles. The fraction of sp³-hybridized carbons (Fsp3) is 0.250. The number of hydrogen-bond acceptors (Lipinski definition) is 3. The van der Waals surface area contributed by atoms with E-state index in [-0.39, 0.29) is 16.8 Å². The van der Waals surface area contributed by atoms with E-state index in [1.54, 1.807) is 7.05 Å². The molecule has 2 aromatic rings. The average molecular weight is 389 g/mol. The predicted molar refractivity (Wildman–Crippen MR) is 87.2 cm³/mol. The van der Waals surface area contributed by atoms with Crippen LogP contribution in [0.1, 0.15) is 16.7 Å². The van der Waals surface area contributed by atoms with Gasteiger partial charge in [0.15, 0.2) is 0 Å². The first kappa shape index (κ1) is 17.6. The van der Waals surface area contributed by atoms with Gasteiger partial charge in [-0.05, 0) is 36.8 Å². The summed E-state index contributed by atoms with van der Waals surface area (Å²) in [6, 6.07) is 9.38. The minimum atomic E-state index is -4.44. The van der Waals surface area contributed by atoms with Crippen molar-refractivity contribution in [2.75, 3.05) is 12.1 Å². The number of ether oxygens (including phenoxy) is 1. The Balaban J connectivity index is 2.26. The van der Waals surface area contributed by atoms with Gasteiger partial charge in [0.2, 0.25) is 0 Å². The number of rotatable bonds is 4. The van der Waals surface area contributed by atoms with Crippen molar-refractivity contribution >= 4 is 21.6 Å². The molecule has 0 amide bonds. The maximum absolute atomic E-state index is 12.9. The van der Waals surface area contributed by atoms with Crippen LogP contribution >= 0.6 is 15.9 Å². The van der Waals surface area contributed by atoms with Crippen LogP contribution in [0.5, 0.6) is 5.75 Å². The summed E-state index contributed by atoms with van der Waals surface area (Å²) in [7, 11) is 1.69. The van der Waals surface area contributed by atoms with Gasteiger partial charge >= 0.3 is 6.18 Å². The van der Waals surface area contributed by atoms with Crippen molar-refractivity contribution in [1.29, 1.82) is 0 Å². The van der Waals surface area contributed by atoms with Crippen molar-refractivity contribution in [3.8, 4) is 5.75 Å². The molecular weight excluding hydrogens is 373 g/mol. The summed E-state index contributed by atoms with van der Waals surface area (Å²) in [5, 5.41) is 1.45. The average Bonchev–Trinajstić information content (AvgIpc) is 2.45. The lowest BCUT2D eigenvalue weighted by Crippen LogP contribution is -2.26. The Kier molecular flexibility index (Phi) is 5.21. The van der Waals surface area contributed by atoms with E-state index in [2.05, 4.69) is 15.9 Å². The van der Waals surface area contributed by atoms with Gasteiger partial charge in [-0.25, -0.2) is 5.84 Å². The monoisotopic (exact) mass is 388 g/mol. The lowest BCUT2D eigenvalue weighted by atomic mass is 10.1. The zero-order valence-corrected chi connectivity index (χ0v) is 14.2. The van der Waals surface area contributed by atoms with Gasteiger partial charge < -0.3 is 9.75 Å². The first-order chi connectivity index (χ1) is 10.7. The third-order valence-corrected chi connectivity index (χ3v) is 4.08. The van der Waals surface area contributed by atoms with Gasteiger partial charge in [-0.15, -0.1) is 0 Å². The highest BCUT2D eigenvalue weighted by molar-refractivity contribution is 9.10. The van der Waals surface area contributed by atoms with Gasteiger partial charge in [-0.3, -0.25) is 0 Å². The van der Waals surface area contributed by atoms with Crippen LogP contribution in [0, 0.1) is 6.92 Å². The number of nitrogens with two attached hydrogens (primary N) is 1. The quantitative estimate of drug-likeness (QED) is 0.611. The van der Waals surface area contributed by atoms with Crippen molar-refractivity contribution < 1.29 is 17.9 Å². The summed E-state index contributed by atoms with van der Waals surface area (Å²) >= 11 is 2.91. The molecule has 0 fully saturated rings. The first-order valence-electron chi connectivity index (χ1n) is 6.76. The molecule has 0 spiro atoms. The third-order valence-electron chi connectivity index (χ3n) is 3.39. The smallest absolute Gasteiger partial charge is 0.417 e. The van der Waals surface area contributed by atoms with Crippen molar-refractivity contribution in [2.24, 2.45) is 5.84 Å². The fourth-order valence-corrected chi connectivity index (χ4v) is 2.64. The Morgan fingerprint density at radius 3 is 2.52 bits per heavy atom. The van der Waals surface area contributed by atoms with Crippen LogP contribution in [0.15, 0.2) is 40.9 Å². The summed E-state index contributed by atoms with van der Waals surface area (Å²) in [4.78, 5) is 0. The van der Waals surface area contributed by atoms with Crippen LogP contribution in [-0.2, 0) is 12.8 Å². The maximum atomic E-state index is 12.9. The van der Waals surface area contributed by atoms with E-state index in [1.165, 1.54) is 17.1 Å². The Hall–Kier alpha value is -1.73. The first-order valence-corrected chi connectivity index (χ1v) is 7.56. The zero-order chi connectivity index (χ0) is 17.2. The molecule has 0 saturated heterocycles. The fourth-order valence-electron chi connectivity index (χ4n) is 2.17. The number of nitrogens with zero attached hydrogens (tertiary/aromatic N) is 1. The molecule has 0 unspecified atom stereocenters. The second-order valence-corrected chi connectivity index (χ2v) is 5.97. The highest BCUT2D eigenvalue weighted by atomic mass is 79.9. The minimum Gasteiger partial charge on any atom is -0.489 e. The second kappa shape index (κ2) is 6.80. The largest absolute Gasteiger partial charge is 0.489 e. The van der Waals surface area contributed by atoms with E-state index in [1.807, 2.05) is 25.1 Å². The molecule has 3 nitrogen and oxygen atoms in total. The van der Waals surface area contributed by atoms with Gasteiger partial charge in [0.25, 0.3) is 0 Å². The van der Waals surface area contributed by atoms with Gasteiger partial charge in [-0.2, -0.15) is 13.2 Å². The Labute approximate surface area is 140 Å². The summed E-state index contributed by atoms with van der Waals surface area (Å²) in [5.41, 5.74) is 1.77. The van der Waals surface area contributed by atoms with Gasteiger partial charge in [0.05, 0.1) is 11.3 Å². The topological polar surface area (TPSA) is 38.5 Å². The molecule has 0 aliphatic heterocycles. The van der Waals surface area contributed by atoms with Crippen LogP contribution in [-0.4, -0.2) is 7.05 Å². The molecule has 0 radical (unpaired) electrons. The second-order valence-electron chi connectivity index (χ2n) is 5.11. The van der Waals surface area contributed by atoms with Gasteiger partial charge in [0.1, 0.15) is 12.4 Å². The molecule has 0 atom stereocenters. The number of hydrogen-bond donors (Lipinski definition) is 1. The number of aryl methyl sites for hydroxylation is 1. The normalized spacial score (nSPS) is 11.4. The summed E-state index contributed by atoms with van der Waals surface area (Å²) in [5.74, 6) is 5.92. The maximum Gasteiger partial charge on any atom is 0.417 e. The molecule has 124 valence electrons. The van der Waals surface area contributed by atoms with E-state index in [0.29, 0.717) is 0 Å². The lowest BCUT2D eigenvalue weighted by molar-refractivity contribution is -0.138. The Bertz CT molecular complexity index is 702. The zero-order valence-electron chi connectivity index (χ0n) is 12.6. The van der Waals surface area contributed by atoms with Crippen LogP contribution in [0.2, 0.25) is 0 Å². The molecule has 7 heteroatoms. The summed E-state index contributed by atoms with van der Waals surface area (Å²) < 4.78 is 44.3. The predicted octanol–water partition coefficient (Wildman–Crippen LogP) is 4.67. The highest BCUT2D eigenvalue weighted by Crippen LogP contribution is 2.37. The van der Waals surface area contributed by atoms with E-state index in [4.69, 9.17) is 10.6 Å². The number of benzene rings is 2. The van der Waals surface area contributed by atoms with Crippen LogP contribution < -0.4 is 15.6 Å². The van der Waals surface area contributed by atoms with E-state index in [9.17, 15) is 13.2 Å².